The predicted molar refractivity (Wildman–Crippen MR) is 122 cm³/mol. The summed E-state index contributed by atoms with van der Waals surface area (Å²) in [4.78, 5) is 23.8. The number of carbonyl (C=O) groups is 1. The summed E-state index contributed by atoms with van der Waals surface area (Å²) in [5.74, 6) is 4.18. The highest BCUT2D eigenvalue weighted by Gasteiger charge is 2.28. The molecule has 2 aromatic carbocycles. The normalized spacial score (nSPS) is 14.3. The molecule has 0 bridgehead atoms. The number of methoxy groups -OCH3 is 2. The van der Waals surface area contributed by atoms with Crippen LogP contribution < -0.4 is 9.64 Å². The standard InChI is InChI=1S/C24H23N3O3S/c1-29-18-6-4-16(5-7-18)23-25-20-14-31-13-19(20)24(26-23)27-10-9-17-11-15(3-8-21(17)27)12-22(28)30-2/h3-8,11H,9-10,12-14H2,1-2H3. The topological polar surface area (TPSA) is 64.5 Å². The summed E-state index contributed by atoms with van der Waals surface area (Å²) >= 11 is 1.88. The largest absolute Gasteiger partial charge is 0.497 e. The molecule has 7 heteroatoms. The first-order valence-corrected chi connectivity index (χ1v) is 11.4. The molecule has 0 radical (unpaired) electrons. The van der Waals surface area contributed by atoms with Gasteiger partial charge in [0.2, 0.25) is 0 Å². The van der Waals surface area contributed by atoms with Gasteiger partial charge in [-0.05, 0) is 47.9 Å². The second-order valence-electron chi connectivity index (χ2n) is 7.63. The zero-order chi connectivity index (χ0) is 21.4. The smallest absolute Gasteiger partial charge is 0.309 e. The summed E-state index contributed by atoms with van der Waals surface area (Å²) in [6, 6.07) is 14.1. The van der Waals surface area contributed by atoms with Crippen LogP contribution in [0.1, 0.15) is 22.4 Å². The molecule has 1 aromatic heterocycles. The Morgan fingerprint density at radius 1 is 1.10 bits per heavy atom. The number of benzene rings is 2. The van der Waals surface area contributed by atoms with E-state index in [0.717, 1.165) is 64.4 Å². The van der Waals surface area contributed by atoms with Crippen LogP contribution in [-0.2, 0) is 33.9 Å². The number of rotatable bonds is 5. The van der Waals surface area contributed by atoms with Crippen molar-refractivity contribution in [3.63, 3.8) is 0 Å². The van der Waals surface area contributed by atoms with Gasteiger partial charge in [-0.3, -0.25) is 4.79 Å². The van der Waals surface area contributed by atoms with Crippen molar-refractivity contribution in [2.24, 2.45) is 0 Å². The van der Waals surface area contributed by atoms with Crippen LogP contribution in [0.2, 0.25) is 0 Å². The number of aromatic nitrogens is 2. The van der Waals surface area contributed by atoms with E-state index in [4.69, 9.17) is 19.4 Å². The van der Waals surface area contributed by atoms with E-state index >= 15 is 0 Å². The number of ether oxygens (including phenoxy) is 2. The van der Waals surface area contributed by atoms with Crippen molar-refractivity contribution in [3.8, 4) is 17.1 Å². The molecule has 0 aliphatic carbocycles. The third kappa shape index (κ3) is 3.74. The zero-order valence-corrected chi connectivity index (χ0v) is 18.4. The van der Waals surface area contributed by atoms with Gasteiger partial charge in [0.15, 0.2) is 5.82 Å². The monoisotopic (exact) mass is 433 g/mol. The first-order valence-electron chi connectivity index (χ1n) is 10.2. The molecule has 2 aliphatic rings. The molecule has 2 aliphatic heterocycles. The van der Waals surface area contributed by atoms with E-state index in [-0.39, 0.29) is 5.97 Å². The fourth-order valence-electron chi connectivity index (χ4n) is 4.15. The highest BCUT2D eigenvalue weighted by atomic mass is 32.2. The maximum Gasteiger partial charge on any atom is 0.309 e. The van der Waals surface area contributed by atoms with E-state index in [2.05, 4.69) is 17.0 Å². The zero-order valence-electron chi connectivity index (χ0n) is 17.6. The van der Waals surface area contributed by atoms with Crippen LogP contribution in [0.25, 0.3) is 11.4 Å². The summed E-state index contributed by atoms with van der Waals surface area (Å²) < 4.78 is 10.1. The van der Waals surface area contributed by atoms with E-state index < -0.39 is 0 Å². The van der Waals surface area contributed by atoms with Crippen molar-refractivity contribution in [1.82, 2.24) is 9.97 Å². The molecule has 6 nitrogen and oxygen atoms in total. The summed E-state index contributed by atoms with van der Waals surface area (Å²) in [6.07, 6.45) is 1.22. The van der Waals surface area contributed by atoms with Crippen molar-refractivity contribution in [3.05, 3.63) is 64.8 Å². The number of fused-ring (bicyclic) bond motifs is 2. The second-order valence-corrected chi connectivity index (χ2v) is 8.62. The van der Waals surface area contributed by atoms with Gasteiger partial charge in [0.05, 0.1) is 26.3 Å². The summed E-state index contributed by atoms with van der Waals surface area (Å²) in [5, 5.41) is 0. The molecule has 0 amide bonds. The van der Waals surface area contributed by atoms with E-state index in [0.29, 0.717) is 6.42 Å². The van der Waals surface area contributed by atoms with Crippen LogP contribution in [0.3, 0.4) is 0 Å². The Morgan fingerprint density at radius 3 is 2.71 bits per heavy atom. The van der Waals surface area contributed by atoms with E-state index in [1.807, 2.05) is 42.1 Å². The van der Waals surface area contributed by atoms with Crippen molar-refractivity contribution in [2.75, 3.05) is 25.7 Å². The number of esters is 1. The highest BCUT2D eigenvalue weighted by Crippen LogP contribution is 2.41. The third-order valence-electron chi connectivity index (χ3n) is 5.78. The summed E-state index contributed by atoms with van der Waals surface area (Å²) in [6.45, 7) is 0.868. The maximum atomic E-state index is 11.6. The molecule has 3 aromatic rings. The van der Waals surface area contributed by atoms with Crippen molar-refractivity contribution in [1.29, 1.82) is 0 Å². The lowest BCUT2D eigenvalue weighted by molar-refractivity contribution is -0.139. The molecule has 0 unspecified atom stereocenters. The first-order chi connectivity index (χ1) is 15.2. The third-order valence-corrected chi connectivity index (χ3v) is 6.75. The number of thioether (sulfide) groups is 1. The molecule has 0 saturated heterocycles. The molecule has 0 atom stereocenters. The highest BCUT2D eigenvalue weighted by molar-refractivity contribution is 7.98. The number of hydrogen-bond donors (Lipinski definition) is 0. The Balaban J connectivity index is 1.52. The van der Waals surface area contributed by atoms with E-state index in [1.165, 1.54) is 18.2 Å². The Labute approximate surface area is 185 Å². The molecular formula is C24H23N3O3S. The molecule has 31 heavy (non-hydrogen) atoms. The van der Waals surface area contributed by atoms with Gasteiger partial charge in [-0.2, -0.15) is 11.8 Å². The minimum Gasteiger partial charge on any atom is -0.497 e. The van der Waals surface area contributed by atoms with Gasteiger partial charge >= 0.3 is 5.97 Å². The molecule has 3 heterocycles. The molecule has 158 valence electrons. The van der Waals surface area contributed by atoms with Gasteiger partial charge in [-0.15, -0.1) is 0 Å². The van der Waals surface area contributed by atoms with Crippen molar-refractivity contribution in [2.45, 2.75) is 24.3 Å². The van der Waals surface area contributed by atoms with E-state index in [9.17, 15) is 4.79 Å². The molecular weight excluding hydrogens is 410 g/mol. The summed E-state index contributed by atoms with van der Waals surface area (Å²) in [5.41, 5.74) is 6.72. The Kier molecular flexibility index (Phi) is 5.28. The van der Waals surface area contributed by atoms with Gasteiger partial charge in [-0.25, -0.2) is 9.97 Å². The maximum absolute atomic E-state index is 11.6. The minimum atomic E-state index is -0.218. The lowest BCUT2D eigenvalue weighted by atomic mass is 10.1. The minimum absolute atomic E-state index is 0.218. The van der Waals surface area contributed by atoms with Crippen LogP contribution in [0.15, 0.2) is 42.5 Å². The van der Waals surface area contributed by atoms with Gasteiger partial charge in [0.25, 0.3) is 0 Å². The molecule has 5 rings (SSSR count). The Morgan fingerprint density at radius 2 is 1.94 bits per heavy atom. The number of anilines is 2. The van der Waals surface area contributed by atoms with Crippen LogP contribution in [0.5, 0.6) is 5.75 Å². The van der Waals surface area contributed by atoms with Crippen LogP contribution in [-0.4, -0.2) is 36.7 Å². The lowest BCUT2D eigenvalue weighted by Gasteiger charge is -2.22. The van der Waals surface area contributed by atoms with Gasteiger partial charge < -0.3 is 14.4 Å². The summed E-state index contributed by atoms with van der Waals surface area (Å²) in [7, 11) is 3.09. The Hall–Kier alpha value is -3.06. The Bertz CT molecular complexity index is 1150. The van der Waals surface area contributed by atoms with Gasteiger partial charge in [-0.1, -0.05) is 12.1 Å². The first kappa shape index (κ1) is 19.9. The number of hydrogen-bond acceptors (Lipinski definition) is 7. The average molecular weight is 434 g/mol. The molecule has 0 spiro atoms. The second kappa shape index (κ2) is 8.23. The van der Waals surface area contributed by atoms with Crippen molar-refractivity contribution < 1.29 is 14.3 Å². The SMILES string of the molecule is COC(=O)Cc1ccc2c(c1)CCN2c1nc(-c2ccc(OC)cc2)nc2c1CSC2. The number of carbonyl (C=O) groups excluding carboxylic acids is 1. The molecule has 0 N–H and O–H groups in total. The van der Waals surface area contributed by atoms with Crippen LogP contribution in [0, 0.1) is 0 Å². The van der Waals surface area contributed by atoms with Gasteiger partial charge in [0, 0.05) is 34.9 Å². The fourth-order valence-corrected chi connectivity index (χ4v) is 5.18. The average Bonchev–Trinajstić information content (AvgIpc) is 3.45. The fraction of sp³-hybridized carbons (Fsp3) is 0.292. The quantitative estimate of drug-likeness (QED) is 0.556. The predicted octanol–water partition coefficient (Wildman–Crippen LogP) is 4.31. The van der Waals surface area contributed by atoms with Crippen LogP contribution >= 0.6 is 11.8 Å². The van der Waals surface area contributed by atoms with E-state index in [1.54, 1.807) is 7.11 Å². The van der Waals surface area contributed by atoms with Gasteiger partial charge in [0.1, 0.15) is 11.6 Å². The number of nitrogens with zero attached hydrogens (tertiary/aromatic N) is 3. The molecule has 0 fully saturated rings. The molecule has 0 saturated carbocycles. The lowest BCUT2D eigenvalue weighted by Crippen LogP contribution is -2.18. The van der Waals surface area contributed by atoms with Crippen molar-refractivity contribution >= 4 is 29.2 Å². The van der Waals surface area contributed by atoms with Crippen LogP contribution in [0.4, 0.5) is 11.5 Å².